The molecule has 0 amide bonds. The molecule has 0 saturated carbocycles. The third-order valence-corrected chi connectivity index (χ3v) is 3.79. The molecule has 0 radical (unpaired) electrons. The molecule has 1 heterocycles. The van der Waals surface area contributed by atoms with E-state index in [0.717, 1.165) is 11.3 Å². The van der Waals surface area contributed by atoms with Crippen LogP contribution >= 0.6 is 23.2 Å². The second kappa shape index (κ2) is 5.54. The summed E-state index contributed by atoms with van der Waals surface area (Å²) in [7, 11) is 0. The summed E-state index contributed by atoms with van der Waals surface area (Å²) < 4.78 is 13.6. The third-order valence-electron chi connectivity index (χ3n) is 3.34. The number of halogens is 3. The maximum atomic E-state index is 13.6. The van der Waals surface area contributed by atoms with Crippen LogP contribution in [-0.2, 0) is 0 Å². The van der Waals surface area contributed by atoms with Gasteiger partial charge in [-0.2, -0.15) is 0 Å². The Hall–Kier alpha value is -1.78. The third kappa shape index (κ3) is 2.82. The van der Waals surface area contributed by atoms with E-state index < -0.39 is 0 Å². The van der Waals surface area contributed by atoms with E-state index in [-0.39, 0.29) is 11.9 Å². The Bertz CT molecular complexity index is 698. The van der Waals surface area contributed by atoms with Gasteiger partial charge in [-0.25, -0.2) is 4.39 Å². The summed E-state index contributed by atoms with van der Waals surface area (Å²) in [6.45, 7) is 0.443. The van der Waals surface area contributed by atoms with Gasteiger partial charge in [0.1, 0.15) is 5.82 Å². The number of nitrogens with two attached hydrogens (primary N) is 1. The van der Waals surface area contributed by atoms with Crippen molar-refractivity contribution in [2.45, 2.75) is 6.04 Å². The van der Waals surface area contributed by atoms with Crippen molar-refractivity contribution in [3.05, 3.63) is 63.9 Å². The number of benzene rings is 2. The Morgan fingerprint density at radius 1 is 1.14 bits per heavy atom. The highest BCUT2D eigenvalue weighted by Crippen LogP contribution is 2.33. The summed E-state index contributed by atoms with van der Waals surface area (Å²) in [5, 5.41) is 0.949. The first-order valence-corrected chi connectivity index (χ1v) is 7.11. The fraction of sp³-hybridized carbons (Fsp3) is 0.133. The predicted octanol–water partition coefficient (Wildman–Crippen LogP) is 4.01. The lowest BCUT2D eigenvalue weighted by Gasteiger charge is -2.27. The highest BCUT2D eigenvalue weighted by atomic mass is 35.5. The molecule has 0 aromatic heterocycles. The lowest BCUT2D eigenvalue weighted by Crippen LogP contribution is -2.36. The molecule has 108 valence electrons. The molecule has 0 spiro atoms. The average Bonchev–Trinajstić information content (AvgIpc) is 2.79. The van der Waals surface area contributed by atoms with E-state index in [2.05, 4.69) is 4.99 Å². The van der Waals surface area contributed by atoms with Gasteiger partial charge in [0, 0.05) is 15.7 Å². The number of hydrogen-bond acceptors (Lipinski definition) is 3. The Morgan fingerprint density at radius 2 is 1.95 bits per heavy atom. The first kappa shape index (κ1) is 14.2. The minimum Gasteiger partial charge on any atom is -0.369 e. The molecule has 2 aromatic rings. The molecule has 21 heavy (non-hydrogen) atoms. The Kier molecular flexibility index (Phi) is 3.74. The number of nitrogens with zero attached hydrogens (tertiary/aromatic N) is 2. The Labute approximate surface area is 131 Å². The SMILES string of the molecule is NC1=NCC(c2cc(F)cc(Cl)c2)N1c1cccc(Cl)c1. The molecule has 6 heteroatoms. The minimum absolute atomic E-state index is 0.198. The lowest BCUT2D eigenvalue weighted by atomic mass is 10.1. The van der Waals surface area contributed by atoms with Crippen molar-refractivity contribution >= 4 is 34.8 Å². The van der Waals surface area contributed by atoms with Gasteiger partial charge in [-0.1, -0.05) is 29.3 Å². The van der Waals surface area contributed by atoms with E-state index >= 15 is 0 Å². The first-order valence-electron chi connectivity index (χ1n) is 6.35. The van der Waals surface area contributed by atoms with Crippen LogP contribution in [0.5, 0.6) is 0 Å². The van der Waals surface area contributed by atoms with Gasteiger partial charge in [0.05, 0.1) is 12.6 Å². The highest BCUT2D eigenvalue weighted by Gasteiger charge is 2.29. The number of hydrogen-bond donors (Lipinski definition) is 1. The van der Waals surface area contributed by atoms with Gasteiger partial charge in [0.2, 0.25) is 0 Å². The van der Waals surface area contributed by atoms with Gasteiger partial charge in [-0.15, -0.1) is 0 Å². The van der Waals surface area contributed by atoms with Gasteiger partial charge in [-0.3, -0.25) is 4.99 Å². The maximum absolute atomic E-state index is 13.6. The largest absolute Gasteiger partial charge is 0.369 e. The van der Waals surface area contributed by atoms with Crippen molar-refractivity contribution in [2.75, 3.05) is 11.4 Å². The topological polar surface area (TPSA) is 41.6 Å². The van der Waals surface area contributed by atoms with Crippen LogP contribution in [0.15, 0.2) is 47.5 Å². The normalized spacial score (nSPS) is 18.0. The zero-order chi connectivity index (χ0) is 15.0. The molecule has 2 aromatic carbocycles. The molecule has 1 atom stereocenters. The summed E-state index contributed by atoms with van der Waals surface area (Å²) in [6, 6.07) is 11.5. The van der Waals surface area contributed by atoms with Gasteiger partial charge in [0.15, 0.2) is 5.96 Å². The van der Waals surface area contributed by atoms with E-state index in [1.807, 2.05) is 17.0 Å². The standard InChI is InChI=1S/C15H12Cl2FN3/c16-10-2-1-3-13(7-10)21-14(8-20-15(21)19)9-4-11(17)6-12(18)5-9/h1-7,14H,8H2,(H2,19,20). The van der Waals surface area contributed by atoms with Gasteiger partial charge in [0.25, 0.3) is 0 Å². The summed E-state index contributed by atoms with van der Waals surface area (Å²) in [6.07, 6.45) is 0. The molecule has 1 aliphatic heterocycles. The van der Waals surface area contributed by atoms with Gasteiger partial charge < -0.3 is 10.6 Å². The first-order chi connectivity index (χ1) is 10.0. The molecule has 0 saturated heterocycles. The molecule has 0 bridgehead atoms. The van der Waals surface area contributed by atoms with E-state index in [1.165, 1.54) is 12.1 Å². The fourth-order valence-corrected chi connectivity index (χ4v) is 2.87. The zero-order valence-corrected chi connectivity index (χ0v) is 12.4. The Morgan fingerprint density at radius 3 is 2.67 bits per heavy atom. The monoisotopic (exact) mass is 323 g/mol. The second-order valence-corrected chi connectivity index (χ2v) is 5.64. The summed E-state index contributed by atoms with van der Waals surface area (Å²) in [5.41, 5.74) is 7.51. The molecule has 0 aliphatic carbocycles. The van der Waals surface area contributed by atoms with Crippen molar-refractivity contribution in [3.8, 4) is 0 Å². The van der Waals surface area contributed by atoms with Crippen molar-refractivity contribution in [1.29, 1.82) is 0 Å². The van der Waals surface area contributed by atoms with Crippen molar-refractivity contribution in [2.24, 2.45) is 10.7 Å². The minimum atomic E-state index is -0.381. The van der Waals surface area contributed by atoms with Crippen LogP contribution in [0.1, 0.15) is 11.6 Å². The predicted molar refractivity (Wildman–Crippen MR) is 84.6 cm³/mol. The van der Waals surface area contributed by atoms with E-state index in [4.69, 9.17) is 28.9 Å². The Balaban J connectivity index is 2.02. The molecule has 1 aliphatic rings. The van der Waals surface area contributed by atoms with Crippen LogP contribution in [0.25, 0.3) is 0 Å². The average molecular weight is 324 g/mol. The summed E-state index contributed by atoms with van der Waals surface area (Å²) in [5.74, 6) is -0.00309. The van der Waals surface area contributed by atoms with Crippen LogP contribution in [0.3, 0.4) is 0 Å². The van der Waals surface area contributed by atoms with Crippen molar-refractivity contribution < 1.29 is 4.39 Å². The van der Waals surface area contributed by atoms with Crippen molar-refractivity contribution in [1.82, 2.24) is 0 Å². The zero-order valence-electron chi connectivity index (χ0n) is 10.9. The number of aliphatic imine (C=N–C) groups is 1. The van der Waals surface area contributed by atoms with Crippen LogP contribution in [0, 0.1) is 5.82 Å². The molecular weight excluding hydrogens is 312 g/mol. The molecule has 3 rings (SSSR count). The van der Waals surface area contributed by atoms with Crippen LogP contribution < -0.4 is 10.6 Å². The van der Waals surface area contributed by atoms with E-state index in [9.17, 15) is 4.39 Å². The van der Waals surface area contributed by atoms with Crippen molar-refractivity contribution in [3.63, 3.8) is 0 Å². The number of rotatable bonds is 2. The fourth-order valence-electron chi connectivity index (χ4n) is 2.46. The second-order valence-electron chi connectivity index (χ2n) is 4.77. The molecule has 1 unspecified atom stereocenters. The molecular formula is C15H12Cl2FN3. The van der Waals surface area contributed by atoms with Gasteiger partial charge >= 0.3 is 0 Å². The van der Waals surface area contributed by atoms with Crippen LogP contribution in [-0.4, -0.2) is 12.5 Å². The van der Waals surface area contributed by atoms with E-state index in [1.54, 1.807) is 18.2 Å². The maximum Gasteiger partial charge on any atom is 0.196 e. The quantitative estimate of drug-likeness (QED) is 0.907. The van der Waals surface area contributed by atoms with E-state index in [0.29, 0.717) is 22.5 Å². The van der Waals surface area contributed by atoms with Crippen LogP contribution in [0.4, 0.5) is 10.1 Å². The van der Waals surface area contributed by atoms with Gasteiger partial charge in [-0.05, 0) is 42.0 Å². The summed E-state index contributed by atoms with van der Waals surface area (Å²) >= 11 is 12.0. The highest BCUT2D eigenvalue weighted by molar-refractivity contribution is 6.31. The number of anilines is 1. The summed E-state index contributed by atoms with van der Waals surface area (Å²) in [4.78, 5) is 6.08. The van der Waals surface area contributed by atoms with Crippen LogP contribution in [0.2, 0.25) is 10.0 Å². The lowest BCUT2D eigenvalue weighted by molar-refractivity contribution is 0.621. The molecule has 3 nitrogen and oxygen atoms in total. The molecule has 2 N–H and O–H groups in total. The smallest absolute Gasteiger partial charge is 0.196 e. The number of guanidine groups is 1. The molecule has 0 fully saturated rings.